The molecule has 37 heavy (non-hydrogen) atoms. The first-order valence-electron chi connectivity index (χ1n) is 12.3. The summed E-state index contributed by atoms with van der Waals surface area (Å²) in [5, 5.41) is 14.2. The van der Waals surface area contributed by atoms with E-state index in [4.69, 9.17) is 9.72 Å². The van der Waals surface area contributed by atoms with E-state index in [1.807, 2.05) is 64.1 Å². The summed E-state index contributed by atoms with van der Waals surface area (Å²) in [6.45, 7) is 11.3. The lowest BCUT2D eigenvalue weighted by Gasteiger charge is -2.43. The van der Waals surface area contributed by atoms with Gasteiger partial charge in [0.2, 0.25) is 5.88 Å². The zero-order chi connectivity index (χ0) is 26.8. The number of nitrogens with one attached hydrogen (secondary N) is 1. The SMILES string of the molecule is C=C/C=C\C(=C/C)c1cc2c(O)ncc(I)c2nc1-c1ccc(C2(NC(=O)OC(C)(C)C)CCC2)cc1. The summed E-state index contributed by atoms with van der Waals surface area (Å²) >= 11 is 2.19. The van der Waals surface area contributed by atoms with Crippen LogP contribution in [-0.2, 0) is 10.3 Å². The van der Waals surface area contributed by atoms with Gasteiger partial charge in [-0.05, 0) is 86.8 Å². The van der Waals surface area contributed by atoms with Gasteiger partial charge in [0.1, 0.15) is 5.60 Å². The first-order chi connectivity index (χ1) is 17.6. The molecule has 4 rings (SSSR count). The van der Waals surface area contributed by atoms with Gasteiger partial charge in [-0.2, -0.15) is 0 Å². The molecular formula is C30H32IN3O3. The number of fused-ring (bicyclic) bond motifs is 1. The third-order valence-electron chi connectivity index (χ3n) is 6.48. The Kier molecular flexibility index (Phi) is 7.73. The van der Waals surface area contributed by atoms with Crippen LogP contribution in [0.5, 0.6) is 5.88 Å². The summed E-state index contributed by atoms with van der Waals surface area (Å²) in [6.07, 6.45) is 11.6. The number of carbonyl (C=O) groups excluding carboxylic acids is 1. The largest absolute Gasteiger partial charge is 0.493 e. The van der Waals surface area contributed by atoms with E-state index in [2.05, 4.69) is 51.6 Å². The molecule has 2 heterocycles. The number of aromatic hydroxyl groups is 1. The van der Waals surface area contributed by atoms with E-state index >= 15 is 0 Å². The molecule has 6 nitrogen and oxygen atoms in total. The van der Waals surface area contributed by atoms with E-state index in [1.54, 1.807) is 12.3 Å². The van der Waals surface area contributed by atoms with E-state index in [9.17, 15) is 9.90 Å². The molecule has 2 aromatic heterocycles. The summed E-state index contributed by atoms with van der Waals surface area (Å²) in [7, 11) is 0. The number of rotatable bonds is 6. The van der Waals surface area contributed by atoms with Crippen LogP contribution in [0.4, 0.5) is 4.79 Å². The van der Waals surface area contributed by atoms with Crippen LogP contribution in [0, 0.1) is 3.57 Å². The van der Waals surface area contributed by atoms with Gasteiger partial charge in [0.15, 0.2) is 0 Å². The number of hydrogen-bond donors (Lipinski definition) is 2. The van der Waals surface area contributed by atoms with Crippen molar-refractivity contribution in [1.82, 2.24) is 15.3 Å². The number of amides is 1. The molecule has 7 heteroatoms. The number of carbonyl (C=O) groups is 1. The third kappa shape index (κ3) is 5.71. The second-order valence-electron chi connectivity index (χ2n) is 10.2. The van der Waals surface area contributed by atoms with Crippen molar-refractivity contribution >= 4 is 45.2 Å². The Bertz CT molecular complexity index is 1400. The van der Waals surface area contributed by atoms with Crippen LogP contribution in [-0.4, -0.2) is 26.8 Å². The molecule has 1 fully saturated rings. The van der Waals surface area contributed by atoms with E-state index < -0.39 is 17.2 Å². The predicted molar refractivity (Wildman–Crippen MR) is 157 cm³/mol. The van der Waals surface area contributed by atoms with Gasteiger partial charge in [0.25, 0.3) is 0 Å². The minimum Gasteiger partial charge on any atom is -0.493 e. The van der Waals surface area contributed by atoms with E-state index in [1.165, 1.54) is 0 Å². The molecular weight excluding hydrogens is 577 g/mol. The van der Waals surface area contributed by atoms with Crippen molar-refractivity contribution in [3.05, 3.63) is 82.1 Å². The molecule has 1 saturated carbocycles. The van der Waals surface area contributed by atoms with Crippen LogP contribution in [0.25, 0.3) is 27.7 Å². The number of aromatic nitrogens is 2. The molecule has 2 N–H and O–H groups in total. The molecule has 0 atom stereocenters. The third-order valence-corrected chi connectivity index (χ3v) is 7.27. The van der Waals surface area contributed by atoms with Gasteiger partial charge in [-0.1, -0.05) is 55.1 Å². The molecule has 0 spiro atoms. The maximum atomic E-state index is 12.6. The number of nitrogens with zero attached hydrogens (tertiary/aromatic N) is 2. The molecule has 1 aliphatic carbocycles. The van der Waals surface area contributed by atoms with E-state index in [-0.39, 0.29) is 5.88 Å². The molecule has 0 radical (unpaired) electrons. The lowest BCUT2D eigenvalue weighted by atomic mass is 9.71. The standard InChI is InChI=1S/C30H32IN3O3/c1-6-8-10-19(7-2)22-17-23-26(24(31)18-32-27(23)35)33-25(22)20-11-13-21(14-12-20)30(15-9-16-30)34-28(36)37-29(3,4)5/h6-8,10-14,17-18H,1,9,15-16H2,2-5H3,(H,32,35)(H,34,36)/b10-8-,19-7+. The first-order valence-corrected chi connectivity index (χ1v) is 13.4. The molecule has 0 bridgehead atoms. The molecule has 1 amide bonds. The van der Waals surface area contributed by atoms with Crippen LogP contribution in [0.1, 0.15) is 58.1 Å². The maximum absolute atomic E-state index is 12.6. The Morgan fingerprint density at radius 2 is 1.95 bits per heavy atom. The highest BCUT2D eigenvalue weighted by atomic mass is 127. The van der Waals surface area contributed by atoms with Gasteiger partial charge in [0.05, 0.1) is 25.7 Å². The summed E-state index contributed by atoms with van der Waals surface area (Å²) in [6, 6.07) is 10.2. The Morgan fingerprint density at radius 3 is 2.51 bits per heavy atom. The number of ether oxygens (including phenoxy) is 1. The predicted octanol–water partition coefficient (Wildman–Crippen LogP) is 7.66. The summed E-state index contributed by atoms with van der Waals surface area (Å²) in [5.41, 5.74) is 4.33. The van der Waals surface area contributed by atoms with Gasteiger partial charge in [0, 0.05) is 17.3 Å². The Labute approximate surface area is 231 Å². The minimum atomic E-state index is -0.553. The van der Waals surface area contributed by atoms with Crippen molar-refractivity contribution in [2.75, 3.05) is 0 Å². The van der Waals surface area contributed by atoms with E-state index in [0.717, 1.165) is 50.8 Å². The first kappa shape index (κ1) is 26.9. The quantitative estimate of drug-likeness (QED) is 0.222. The van der Waals surface area contributed by atoms with Crippen LogP contribution >= 0.6 is 22.6 Å². The summed E-state index contributed by atoms with van der Waals surface area (Å²) in [4.78, 5) is 21.7. The monoisotopic (exact) mass is 609 g/mol. The number of hydrogen-bond acceptors (Lipinski definition) is 5. The van der Waals surface area contributed by atoms with Crippen molar-refractivity contribution in [2.45, 2.75) is 58.1 Å². The maximum Gasteiger partial charge on any atom is 0.408 e. The number of pyridine rings is 2. The topological polar surface area (TPSA) is 84.3 Å². The smallest absolute Gasteiger partial charge is 0.408 e. The van der Waals surface area contributed by atoms with Gasteiger partial charge in [-0.25, -0.2) is 14.8 Å². The van der Waals surface area contributed by atoms with Crippen LogP contribution in [0.2, 0.25) is 0 Å². The number of benzene rings is 1. The fourth-order valence-electron chi connectivity index (χ4n) is 4.53. The van der Waals surface area contributed by atoms with Gasteiger partial charge < -0.3 is 15.2 Å². The molecule has 3 aromatic rings. The van der Waals surface area contributed by atoms with Gasteiger partial charge in [-0.15, -0.1) is 0 Å². The van der Waals surface area contributed by atoms with Crippen molar-refractivity contribution in [2.24, 2.45) is 0 Å². The van der Waals surface area contributed by atoms with Crippen molar-refractivity contribution in [3.63, 3.8) is 0 Å². The zero-order valence-corrected chi connectivity index (χ0v) is 23.8. The summed E-state index contributed by atoms with van der Waals surface area (Å²) < 4.78 is 6.38. The zero-order valence-electron chi connectivity index (χ0n) is 21.6. The molecule has 0 aliphatic heterocycles. The molecule has 0 saturated heterocycles. The Balaban J connectivity index is 1.78. The normalized spacial score (nSPS) is 15.4. The lowest BCUT2D eigenvalue weighted by Crippen LogP contribution is -2.52. The minimum absolute atomic E-state index is 0.0469. The highest BCUT2D eigenvalue weighted by Crippen LogP contribution is 2.42. The highest BCUT2D eigenvalue weighted by Gasteiger charge is 2.41. The molecule has 192 valence electrons. The fourth-order valence-corrected chi connectivity index (χ4v) is 5.08. The van der Waals surface area contributed by atoms with Gasteiger partial charge >= 0.3 is 6.09 Å². The van der Waals surface area contributed by atoms with Crippen molar-refractivity contribution in [1.29, 1.82) is 0 Å². The van der Waals surface area contributed by atoms with Crippen molar-refractivity contribution < 1.29 is 14.6 Å². The average molecular weight is 610 g/mol. The Morgan fingerprint density at radius 1 is 1.24 bits per heavy atom. The van der Waals surface area contributed by atoms with E-state index in [0.29, 0.717) is 10.9 Å². The molecule has 0 unspecified atom stereocenters. The highest BCUT2D eigenvalue weighted by molar-refractivity contribution is 14.1. The lowest BCUT2D eigenvalue weighted by molar-refractivity contribution is 0.0377. The van der Waals surface area contributed by atoms with Crippen LogP contribution < -0.4 is 5.32 Å². The second-order valence-corrected chi connectivity index (χ2v) is 11.4. The number of halogens is 1. The van der Waals surface area contributed by atoms with Crippen LogP contribution in [0.15, 0.2) is 67.4 Å². The second kappa shape index (κ2) is 10.7. The van der Waals surface area contributed by atoms with Crippen molar-refractivity contribution in [3.8, 4) is 17.1 Å². The fraction of sp³-hybridized carbons (Fsp3) is 0.300. The number of alkyl carbamates (subject to hydrolysis) is 1. The van der Waals surface area contributed by atoms with Gasteiger partial charge in [-0.3, -0.25) is 0 Å². The Hall–Kier alpha value is -3.20. The molecule has 1 aromatic carbocycles. The van der Waals surface area contributed by atoms with Crippen LogP contribution in [0.3, 0.4) is 0 Å². The molecule has 1 aliphatic rings. The summed E-state index contributed by atoms with van der Waals surface area (Å²) in [5.74, 6) is -0.0469. The average Bonchev–Trinajstić information content (AvgIpc) is 2.83. The number of allylic oxidation sites excluding steroid dienone is 5.